The molecule has 0 spiro atoms. The molecule has 1 saturated carbocycles. The highest BCUT2D eigenvalue weighted by Gasteiger charge is 2.34. The van der Waals surface area contributed by atoms with Crippen molar-refractivity contribution in [3.05, 3.63) is 50.7 Å². The average Bonchev–Trinajstić information content (AvgIpc) is 3.16. The first-order valence-electron chi connectivity index (χ1n) is 6.30. The molecule has 0 unspecified atom stereocenters. The molecule has 3 rings (SSSR count). The van der Waals surface area contributed by atoms with Crippen molar-refractivity contribution in [3.8, 4) is 0 Å². The van der Waals surface area contributed by atoms with Crippen molar-refractivity contribution in [2.45, 2.75) is 25.3 Å². The third-order valence-electron chi connectivity index (χ3n) is 3.32. The molecule has 104 valence electrons. The Morgan fingerprint density at radius 3 is 2.85 bits per heavy atom. The normalized spacial score (nSPS) is 14.5. The lowest BCUT2D eigenvalue weighted by Gasteiger charge is -2.04. The highest BCUT2D eigenvalue weighted by atomic mass is 79.9. The van der Waals surface area contributed by atoms with Crippen LogP contribution in [0.5, 0.6) is 0 Å². The third kappa shape index (κ3) is 2.60. The number of hydrogen-bond donors (Lipinski definition) is 1. The molecule has 0 amide bonds. The van der Waals surface area contributed by atoms with E-state index in [1.807, 2.05) is 24.3 Å². The van der Waals surface area contributed by atoms with Crippen molar-refractivity contribution in [2.24, 2.45) is 0 Å². The predicted octanol–water partition coefficient (Wildman–Crippen LogP) is 3.92. The Morgan fingerprint density at radius 1 is 1.50 bits per heavy atom. The van der Waals surface area contributed by atoms with E-state index in [1.54, 1.807) is 4.68 Å². The van der Waals surface area contributed by atoms with E-state index >= 15 is 0 Å². The van der Waals surface area contributed by atoms with Crippen LogP contribution in [-0.4, -0.2) is 20.9 Å². The summed E-state index contributed by atoms with van der Waals surface area (Å²) in [7, 11) is 0. The molecule has 1 aromatic carbocycles. The molecule has 6 heteroatoms. The number of carboxylic acid groups (broad SMARTS) is 1. The van der Waals surface area contributed by atoms with Crippen LogP contribution >= 0.6 is 27.5 Å². The first-order chi connectivity index (χ1) is 9.56. The molecule has 0 atom stereocenters. The van der Waals surface area contributed by atoms with Gasteiger partial charge in [-0.05, 0) is 30.5 Å². The summed E-state index contributed by atoms with van der Waals surface area (Å²) in [6.07, 6.45) is 1.98. The lowest BCUT2D eigenvalue weighted by atomic mass is 10.2. The highest BCUT2D eigenvalue weighted by molar-refractivity contribution is 9.10. The van der Waals surface area contributed by atoms with Crippen LogP contribution < -0.4 is 0 Å². The second kappa shape index (κ2) is 5.22. The Balaban J connectivity index is 1.97. The fourth-order valence-corrected chi connectivity index (χ4v) is 2.93. The van der Waals surface area contributed by atoms with Gasteiger partial charge in [-0.15, -0.1) is 0 Å². The van der Waals surface area contributed by atoms with Crippen LogP contribution in [0.25, 0.3) is 0 Å². The number of halogens is 2. The number of aromatic carboxylic acids is 1. The van der Waals surface area contributed by atoms with Gasteiger partial charge in [0, 0.05) is 10.4 Å². The third-order valence-corrected chi connectivity index (χ3v) is 4.19. The van der Waals surface area contributed by atoms with Crippen LogP contribution in [0.3, 0.4) is 0 Å². The van der Waals surface area contributed by atoms with Crippen LogP contribution in [0.15, 0.2) is 28.7 Å². The molecule has 1 aliphatic carbocycles. The van der Waals surface area contributed by atoms with E-state index in [0.717, 1.165) is 22.9 Å². The highest BCUT2D eigenvalue weighted by Crippen LogP contribution is 2.42. The van der Waals surface area contributed by atoms with Crippen molar-refractivity contribution in [3.63, 3.8) is 0 Å². The zero-order chi connectivity index (χ0) is 14.3. The van der Waals surface area contributed by atoms with Crippen molar-refractivity contribution >= 4 is 33.5 Å². The van der Waals surface area contributed by atoms with Crippen LogP contribution in [0.1, 0.15) is 40.4 Å². The molecule has 1 aromatic heterocycles. The summed E-state index contributed by atoms with van der Waals surface area (Å²) in [4.78, 5) is 11.3. The van der Waals surface area contributed by atoms with Crippen LogP contribution in [0.2, 0.25) is 5.15 Å². The Morgan fingerprint density at radius 2 is 2.25 bits per heavy atom. The maximum absolute atomic E-state index is 11.3. The topological polar surface area (TPSA) is 55.1 Å². The van der Waals surface area contributed by atoms with Gasteiger partial charge < -0.3 is 5.11 Å². The quantitative estimate of drug-likeness (QED) is 0.904. The summed E-state index contributed by atoms with van der Waals surface area (Å²) in [6.45, 7) is 0.464. The van der Waals surface area contributed by atoms with E-state index < -0.39 is 5.97 Å². The summed E-state index contributed by atoms with van der Waals surface area (Å²) < 4.78 is 2.54. The Kier molecular flexibility index (Phi) is 3.56. The summed E-state index contributed by atoms with van der Waals surface area (Å²) >= 11 is 9.61. The molecule has 0 radical (unpaired) electrons. The standard InChI is InChI=1S/C14H12BrClN2O2/c15-10-3-1-2-8(6-10)7-18-13(16)11(14(19)20)12(17-18)9-4-5-9/h1-3,6,9H,4-5,7H2,(H,19,20). The van der Waals surface area contributed by atoms with Crippen molar-refractivity contribution in [1.82, 2.24) is 9.78 Å². The second-order valence-electron chi connectivity index (χ2n) is 4.92. The SMILES string of the molecule is O=C(O)c1c(C2CC2)nn(Cc2cccc(Br)c2)c1Cl. The van der Waals surface area contributed by atoms with Crippen molar-refractivity contribution in [1.29, 1.82) is 0 Å². The minimum atomic E-state index is -1.00. The number of hydrogen-bond acceptors (Lipinski definition) is 2. The van der Waals surface area contributed by atoms with E-state index in [4.69, 9.17) is 11.6 Å². The number of carbonyl (C=O) groups is 1. The lowest BCUT2D eigenvalue weighted by Crippen LogP contribution is -2.03. The zero-order valence-electron chi connectivity index (χ0n) is 10.5. The predicted molar refractivity (Wildman–Crippen MR) is 79.4 cm³/mol. The van der Waals surface area contributed by atoms with Gasteiger partial charge in [0.05, 0.1) is 12.2 Å². The van der Waals surface area contributed by atoms with Gasteiger partial charge in [0.25, 0.3) is 0 Å². The largest absolute Gasteiger partial charge is 0.478 e. The summed E-state index contributed by atoms with van der Waals surface area (Å²) in [5, 5.41) is 13.9. The zero-order valence-corrected chi connectivity index (χ0v) is 12.9. The molecule has 0 bridgehead atoms. The van der Waals surface area contributed by atoms with Crippen molar-refractivity contribution in [2.75, 3.05) is 0 Å². The van der Waals surface area contributed by atoms with Gasteiger partial charge in [0.2, 0.25) is 0 Å². The summed E-state index contributed by atoms with van der Waals surface area (Å²) in [5.41, 5.74) is 1.80. The number of benzene rings is 1. The molecular formula is C14H12BrClN2O2. The van der Waals surface area contributed by atoms with E-state index in [-0.39, 0.29) is 16.6 Å². The molecule has 1 aliphatic rings. The van der Waals surface area contributed by atoms with Gasteiger partial charge >= 0.3 is 5.97 Å². The number of nitrogens with zero attached hydrogens (tertiary/aromatic N) is 2. The van der Waals surface area contributed by atoms with E-state index in [9.17, 15) is 9.90 Å². The minimum Gasteiger partial charge on any atom is -0.478 e. The maximum Gasteiger partial charge on any atom is 0.340 e. The molecule has 1 fully saturated rings. The van der Waals surface area contributed by atoms with Crippen LogP contribution in [0, 0.1) is 0 Å². The number of rotatable bonds is 4. The van der Waals surface area contributed by atoms with Gasteiger partial charge in [-0.25, -0.2) is 9.48 Å². The lowest BCUT2D eigenvalue weighted by molar-refractivity contribution is 0.0695. The monoisotopic (exact) mass is 354 g/mol. The van der Waals surface area contributed by atoms with Gasteiger partial charge in [0.15, 0.2) is 0 Å². The van der Waals surface area contributed by atoms with Crippen LogP contribution in [-0.2, 0) is 6.54 Å². The second-order valence-corrected chi connectivity index (χ2v) is 6.19. The van der Waals surface area contributed by atoms with E-state index in [2.05, 4.69) is 21.0 Å². The molecule has 1 heterocycles. The Hall–Kier alpha value is -1.33. The average molecular weight is 356 g/mol. The summed E-state index contributed by atoms with van der Waals surface area (Å²) in [5.74, 6) is -0.750. The number of carboxylic acids is 1. The van der Waals surface area contributed by atoms with Crippen molar-refractivity contribution < 1.29 is 9.90 Å². The Bertz CT molecular complexity index is 680. The fraction of sp³-hybridized carbons (Fsp3) is 0.286. The molecular weight excluding hydrogens is 344 g/mol. The minimum absolute atomic E-state index is 0.157. The molecule has 0 saturated heterocycles. The maximum atomic E-state index is 11.3. The Labute approximate surface area is 129 Å². The molecule has 4 nitrogen and oxygen atoms in total. The molecule has 0 aliphatic heterocycles. The van der Waals surface area contributed by atoms with Gasteiger partial charge in [-0.2, -0.15) is 5.10 Å². The first-order valence-corrected chi connectivity index (χ1v) is 7.47. The fourth-order valence-electron chi connectivity index (χ4n) is 2.21. The first kappa shape index (κ1) is 13.6. The smallest absolute Gasteiger partial charge is 0.340 e. The van der Waals surface area contributed by atoms with Gasteiger partial charge in [-0.3, -0.25) is 0 Å². The van der Waals surface area contributed by atoms with E-state index in [0.29, 0.717) is 12.2 Å². The summed E-state index contributed by atoms with van der Waals surface area (Å²) in [6, 6.07) is 7.79. The molecule has 20 heavy (non-hydrogen) atoms. The number of aromatic nitrogens is 2. The van der Waals surface area contributed by atoms with Gasteiger partial charge in [0.1, 0.15) is 10.7 Å². The van der Waals surface area contributed by atoms with Crippen LogP contribution in [0.4, 0.5) is 0 Å². The molecule has 1 N–H and O–H groups in total. The van der Waals surface area contributed by atoms with E-state index in [1.165, 1.54) is 0 Å². The molecule has 2 aromatic rings. The van der Waals surface area contributed by atoms with Gasteiger partial charge in [-0.1, -0.05) is 39.7 Å².